The Morgan fingerprint density at radius 2 is 1.89 bits per heavy atom. The lowest BCUT2D eigenvalue weighted by Crippen LogP contribution is -2.65. The highest BCUT2D eigenvalue weighted by Crippen LogP contribution is 2.61. The molecular weight excluding hydrogens is 244 g/mol. The van der Waals surface area contributed by atoms with E-state index >= 15 is 0 Å². The van der Waals surface area contributed by atoms with Crippen LogP contribution in [0.1, 0.15) is 59.8 Å². The summed E-state index contributed by atoms with van der Waals surface area (Å²) in [6.07, 6.45) is 3.09. The quantitative estimate of drug-likeness (QED) is 0.753. The Kier molecular flexibility index (Phi) is 3.47. The van der Waals surface area contributed by atoms with Crippen molar-refractivity contribution in [2.75, 3.05) is 0 Å². The molecule has 0 aliphatic heterocycles. The normalized spacial score (nSPS) is 46.2. The van der Waals surface area contributed by atoms with Gasteiger partial charge in [-0.25, -0.2) is 0 Å². The average Bonchev–Trinajstić information content (AvgIpc) is 2.52. The predicted molar refractivity (Wildman–Crippen MR) is 71.5 cm³/mol. The molecule has 110 valence electrons. The van der Waals surface area contributed by atoms with Crippen molar-refractivity contribution in [2.45, 2.75) is 77.1 Å². The number of ether oxygens (including phenoxy) is 1. The first kappa shape index (κ1) is 14.8. The maximum absolute atomic E-state index is 11.3. The lowest BCUT2D eigenvalue weighted by molar-refractivity contribution is -0.238. The van der Waals surface area contributed by atoms with Gasteiger partial charge < -0.3 is 14.9 Å². The molecular formula is C15H26O4. The molecule has 0 aromatic heterocycles. The summed E-state index contributed by atoms with van der Waals surface area (Å²) < 4.78 is 5.44. The molecule has 0 aromatic rings. The molecule has 4 nitrogen and oxygen atoms in total. The summed E-state index contributed by atoms with van der Waals surface area (Å²) in [6, 6.07) is 0. The van der Waals surface area contributed by atoms with Crippen LogP contribution in [-0.4, -0.2) is 33.5 Å². The van der Waals surface area contributed by atoms with E-state index in [1.807, 2.05) is 20.8 Å². The number of rotatable bonds is 2. The molecule has 2 saturated carbocycles. The fourth-order valence-electron chi connectivity index (χ4n) is 4.31. The summed E-state index contributed by atoms with van der Waals surface area (Å²) in [6.45, 7) is 7.25. The van der Waals surface area contributed by atoms with Gasteiger partial charge in [0, 0.05) is 12.3 Å². The monoisotopic (exact) mass is 270 g/mol. The van der Waals surface area contributed by atoms with Crippen molar-refractivity contribution in [3.63, 3.8) is 0 Å². The van der Waals surface area contributed by atoms with Crippen molar-refractivity contribution in [1.29, 1.82) is 0 Å². The van der Waals surface area contributed by atoms with E-state index in [2.05, 4.69) is 0 Å². The van der Waals surface area contributed by atoms with E-state index in [-0.39, 0.29) is 18.0 Å². The summed E-state index contributed by atoms with van der Waals surface area (Å²) in [4.78, 5) is 11.3. The summed E-state index contributed by atoms with van der Waals surface area (Å²) in [5, 5.41) is 22.2. The van der Waals surface area contributed by atoms with Crippen molar-refractivity contribution in [2.24, 2.45) is 11.3 Å². The van der Waals surface area contributed by atoms with E-state index in [0.717, 1.165) is 12.8 Å². The molecule has 0 amide bonds. The van der Waals surface area contributed by atoms with E-state index in [1.165, 1.54) is 6.92 Å². The highest BCUT2D eigenvalue weighted by Gasteiger charge is 2.69. The topological polar surface area (TPSA) is 66.8 Å². The van der Waals surface area contributed by atoms with Crippen LogP contribution in [0.5, 0.6) is 0 Å². The smallest absolute Gasteiger partial charge is 0.302 e. The maximum Gasteiger partial charge on any atom is 0.302 e. The van der Waals surface area contributed by atoms with Gasteiger partial charge in [0.1, 0.15) is 11.7 Å². The highest BCUT2D eigenvalue weighted by atomic mass is 16.5. The average molecular weight is 270 g/mol. The summed E-state index contributed by atoms with van der Waals surface area (Å²) in [5.41, 5.74) is -2.79. The van der Waals surface area contributed by atoms with Crippen molar-refractivity contribution >= 4 is 5.97 Å². The highest BCUT2D eigenvalue weighted by molar-refractivity contribution is 5.66. The standard InChI is InChI=1S/C15H26O4/c1-10(2)14(17)9-8-13(4)12(19-11(3)16)6-5-7-15(13,14)18/h10,12,17-18H,5-9H2,1-4H3/t12-,13-,14-,15-/m0/s1. The number of fused-ring (bicyclic) bond motifs is 1. The second kappa shape index (κ2) is 4.45. The Bertz CT molecular complexity index is 380. The largest absolute Gasteiger partial charge is 0.462 e. The van der Waals surface area contributed by atoms with E-state index in [4.69, 9.17) is 4.74 Å². The van der Waals surface area contributed by atoms with Gasteiger partial charge in [0.15, 0.2) is 0 Å². The Balaban J connectivity index is 2.39. The van der Waals surface area contributed by atoms with Crippen LogP contribution in [-0.2, 0) is 9.53 Å². The molecule has 2 aliphatic carbocycles. The Morgan fingerprint density at radius 3 is 2.42 bits per heavy atom. The third kappa shape index (κ3) is 1.83. The minimum Gasteiger partial charge on any atom is -0.462 e. The first-order valence-corrected chi connectivity index (χ1v) is 7.29. The van der Waals surface area contributed by atoms with E-state index in [0.29, 0.717) is 19.3 Å². The van der Waals surface area contributed by atoms with Crippen molar-refractivity contribution < 1.29 is 19.7 Å². The van der Waals surface area contributed by atoms with Gasteiger partial charge in [0.2, 0.25) is 0 Å². The SMILES string of the molecule is CC(=O)O[C@H]1CCC[C@]2(O)[C@@]1(C)CC[C@]2(O)C(C)C. The zero-order chi connectivity index (χ0) is 14.5. The second-order valence-corrected chi connectivity index (χ2v) is 6.85. The molecule has 0 aromatic carbocycles. The number of aliphatic hydroxyl groups is 2. The summed E-state index contributed by atoms with van der Waals surface area (Å²) >= 11 is 0. The van der Waals surface area contributed by atoms with Crippen LogP contribution >= 0.6 is 0 Å². The minimum atomic E-state index is -1.16. The Labute approximate surface area is 115 Å². The first-order chi connectivity index (χ1) is 8.67. The molecule has 0 heterocycles. The fraction of sp³-hybridized carbons (Fsp3) is 0.933. The van der Waals surface area contributed by atoms with Gasteiger partial charge in [-0.1, -0.05) is 20.8 Å². The lowest BCUT2D eigenvalue weighted by Gasteiger charge is -2.54. The molecule has 2 rings (SSSR count). The molecule has 4 atom stereocenters. The van der Waals surface area contributed by atoms with Crippen LogP contribution in [0.3, 0.4) is 0 Å². The van der Waals surface area contributed by atoms with Crippen molar-refractivity contribution in [1.82, 2.24) is 0 Å². The van der Waals surface area contributed by atoms with Crippen LogP contribution in [0.4, 0.5) is 0 Å². The van der Waals surface area contributed by atoms with E-state index < -0.39 is 16.6 Å². The van der Waals surface area contributed by atoms with Gasteiger partial charge in [-0.3, -0.25) is 4.79 Å². The zero-order valence-corrected chi connectivity index (χ0v) is 12.4. The van der Waals surface area contributed by atoms with Gasteiger partial charge in [0.05, 0.1) is 5.60 Å². The van der Waals surface area contributed by atoms with Gasteiger partial charge in [0.25, 0.3) is 0 Å². The predicted octanol–water partition coefficient (Wildman–Crippen LogP) is 2.02. The molecule has 0 spiro atoms. The molecule has 4 heteroatoms. The fourth-order valence-corrected chi connectivity index (χ4v) is 4.31. The summed E-state index contributed by atoms with van der Waals surface area (Å²) in [7, 11) is 0. The third-order valence-electron chi connectivity index (χ3n) is 5.67. The van der Waals surface area contributed by atoms with Crippen LogP contribution < -0.4 is 0 Å². The lowest BCUT2D eigenvalue weighted by atomic mass is 9.59. The molecule has 0 radical (unpaired) electrons. The van der Waals surface area contributed by atoms with Gasteiger partial charge in [-0.05, 0) is 38.0 Å². The van der Waals surface area contributed by atoms with Crippen LogP contribution in [0, 0.1) is 11.3 Å². The van der Waals surface area contributed by atoms with Crippen molar-refractivity contribution in [3.05, 3.63) is 0 Å². The summed E-state index contributed by atoms with van der Waals surface area (Å²) in [5.74, 6) is -0.328. The molecule has 0 unspecified atom stereocenters. The first-order valence-electron chi connectivity index (χ1n) is 7.29. The number of carbonyl (C=O) groups excluding carboxylic acids is 1. The molecule has 2 N–H and O–H groups in total. The minimum absolute atomic E-state index is 0.0181. The van der Waals surface area contributed by atoms with Crippen LogP contribution in [0.25, 0.3) is 0 Å². The molecule has 0 saturated heterocycles. The third-order valence-corrected chi connectivity index (χ3v) is 5.67. The number of hydrogen-bond donors (Lipinski definition) is 2. The second-order valence-electron chi connectivity index (χ2n) is 6.85. The number of esters is 1. The molecule has 2 aliphatic rings. The Hall–Kier alpha value is -0.610. The molecule has 19 heavy (non-hydrogen) atoms. The zero-order valence-electron chi connectivity index (χ0n) is 12.4. The van der Waals surface area contributed by atoms with E-state index in [1.54, 1.807) is 0 Å². The molecule has 2 fully saturated rings. The van der Waals surface area contributed by atoms with Gasteiger partial charge in [-0.15, -0.1) is 0 Å². The number of carbonyl (C=O) groups is 1. The van der Waals surface area contributed by atoms with Crippen LogP contribution in [0.15, 0.2) is 0 Å². The number of hydrogen-bond acceptors (Lipinski definition) is 4. The van der Waals surface area contributed by atoms with Gasteiger partial charge >= 0.3 is 5.97 Å². The maximum atomic E-state index is 11.3. The van der Waals surface area contributed by atoms with Crippen LogP contribution in [0.2, 0.25) is 0 Å². The Morgan fingerprint density at radius 1 is 1.26 bits per heavy atom. The molecule has 0 bridgehead atoms. The van der Waals surface area contributed by atoms with E-state index in [9.17, 15) is 15.0 Å². The van der Waals surface area contributed by atoms with Gasteiger partial charge in [-0.2, -0.15) is 0 Å². The van der Waals surface area contributed by atoms with Crippen molar-refractivity contribution in [3.8, 4) is 0 Å².